The standard InChI is InChI=1S/C15H20N2O/c1-16-13-5-3-2-4-12(13)15(18)17-14(10-6-7-10)11-8-9-11/h2-5,10-11,14,16H,6-9H2,1H3,(H,17,18). The SMILES string of the molecule is CNc1ccccc1C(=O)NC(C1CC1)C1CC1. The van der Waals surface area contributed by atoms with Crippen LogP contribution in [0.5, 0.6) is 0 Å². The van der Waals surface area contributed by atoms with Crippen LogP contribution in [0.1, 0.15) is 36.0 Å². The molecule has 2 saturated carbocycles. The van der Waals surface area contributed by atoms with E-state index in [-0.39, 0.29) is 5.91 Å². The zero-order valence-electron chi connectivity index (χ0n) is 10.8. The summed E-state index contributed by atoms with van der Waals surface area (Å²) in [5.74, 6) is 1.55. The highest BCUT2D eigenvalue weighted by molar-refractivity contribution is 5.99. The van der Waals surface area contributed by atoms with Crippen molar-refractivity contribution in [1.29, 1.82) is 0 Å². The van der Waals surface area contributed by atoms with E-state index in [9.17, 15) is 4.79 Å². The fourth-order valence-electron chi connectivity index (χ4n) is 2.66. The Labute approximate surface area is 108 Å². The zero-order valence-corrected chi connectivity index (χ0v) is 10.8. The second-order valence-electron chi connectivity index (χ2n) is 5.47. The molecule has 3 nitrogen and oxygen atoms in total. The minimum absolute atomic E-state index is 0.0729. The average molecular weight is 244 g/mol. The lowest BCUT2D eigenvalue weighted by Gasteiger charge is -2.18. The van der Waals surface area contributed by atoms with Crippen molar-refractivity contribution in [2.45, 2.75) is 31.7 Å². The van der Waals surface area contributed by atoms with Gasteiger partial charge in [-0.05, 0) is 49.7 Å². The van der Waals surface area contributed by atoms with Crippen molar-refractivity contribution in [3.8, 4) is 0 Å². The number of rotatable bonds is 5. The van der Waals surface area contributed by atoms with Crippen LogP contribution in [0.25, 0.3) is 0 Å². The molecular weight excluding hydrogens is 224 g/mol. The number of nitrogens with one attached hydrogen (secondary N) is 2. The summed E-state index contributed by atoms with van der Waals surface area (Å²) in [6.07, 6.45) is 5.15. The predicted molar refractivity (Wildman–Crippen MR) is 72.7 cm³/mol. The van der Waals surface area contributed by atoms with Gasteiger partial charge in [-0.25, -0.2) is 0 Å². The van der Waals surface area contributed by atoms with Crippen molar-refractivity contribution < 1.29 is 4.79 Å². The van der Waals surface area contributed by atoms with Crippen molar-refractivity contribution in [3.63, 3.8) is 0 Å². The van der Waals surface area contributed by atoms with E-state index in [2.05, 4.69) is 10.6 Å². The zero-order chi connectivity index (χ0) is 12.5. The number of benzene rings is 1. The minimum Gasteiger partial charge on any atom is -0.387 e. The number of anilines is 1. The molecule has 2 fully saturated rings. The third kappa shape index (κ3) is 2.35. The molecule has 0 bridgehead atoms. The van der Waals surface area contributed by atoms with Crippen LogP contribution >= 0.6 is 0 Å². The molecule has 3 rings (SSSR count). The second kappa shape index (κ2) is 4.63. The average Bonchev–Trinajstić information content (AvgIpc) is 3.29. The van der Waals surface area contributed by atoms with Crippen LogP contribution < -0.4 is 10.6 Å². The first-order valence-electron chi connectivity index (χ1n) is 6.87. The maximum atomic E-state index is 12.3. The Morgan fingerprint density at radius 2 is 1.78 bits per heavy atom. The fraction of sp³-hybridized carbons (Fsp3) is 0.533. The lowest BCUT2D eigenvalue weighted by atomic mass is 10.1. The molecule has 0 aromatic heterocycles. The molecule has 1 aromatic carbocycles. The van der Waals surface area contributed by atoms with E-state index < -0.39 is 0 Å². The molecule has 0 saturated heterocycles. The van der Waals surface area contributed by atoms with Gasteiger partial charge in [-0.15, -0.1) is 0 Å². The molecule has 2 aliphatic carbocycles. The Hall–Kier alpha value is -1.51. The third-order valence-corrected chi connectivity index (χ3v) is 4.00. The molecule has 0 spiro atoms. The largest absolute Gasteiger partial charge is 0.387 e. The Morgan fingerprint density at radius 1 is 1.17 bits per heavy atom. The summed E-state index contributed by atoms with van der Waals surface area (Å²) in [6.45, 7) is 0. The summed E-state index contributed by atoms with van der Waals surface area (Å²) >= 11 is 0. The number of amides is 1. The maximum absolute atomic E-state index is 12.3. The van der Waals surface area contributed by atoms with Crippen molar-refractivity contribution in [2.75, 3.05) is 12.4 Å². The molecule has 0 radical (unpaired) electrons. The van der Waals surface area contributed by atoms with Crippen molar-refractivity contribution in [1.82, 2.24) is 5.32 Å². The maximum Gasteiger partial charge on any atom is 0.253 e. The Kier molecular flexibility index (Phi) is 2.98. The van der Waals surface area contributed by atoms with Crippen molar-refractivity contribution in [3.05, 3.63) is 29.8 Å². The van der Waals surface area contributed by atoms with Gasteiger partial charge in [0.2, 0.25) is 0 Å². The van der Waals surface area contributed by atoms with Crippen LogP contribution in [-0.4, -0.2) is 19.0 Å². The van der Waals surface area contributed by atoms with Gasteiger partial charge < -0.3 is 10.6 Å². The van der Waals surface area contributed by atoms with Crippen LogP contribution in [0.4, 0.5) is 5.69 Å². The highest BCUT2D eigenvalue weighted by Gasteiger charge is 2.42. The monoisotopic (exact) mass is 244 g/mol. The van der Waals surface area contributed by atoms with E-state index >= 15 is 0 Å². The van der Waals surface area contributed by atoms with E-state index in [1.165, 1.54) is 25.7 Å². The summed E-state index contributed by atoms with van der Waals surface area (Å²) in [6, 6.07) is 8.11. The first kappa shape index (κ1) is 11.6. The number of para-hydroxylation sites is 1. The van der Waals surface area contributed by atoms with Gasteiger partial charge in [0.05, 0.1) is 5.56 Å². The van der Waals surface area contributed by atoms with Crippen LogP contribution in [0.3, 0.4) is 0 Å². The highest BCUT2D eigenvalue weighted by atomic mass is 16.1. The predicted octanol–water partition coefficient (Wildman–Crippen LogP) is 2.65. The lowest BCUT2D eigenvalue weighted by Crippen LogP contribution is -2.38. The van der Waals surface area contributed by atoms with Crippen LogP contribution in [0, 0.1) is 11.8 Å². The van der Waals surface area contributed by atoms with Gasteiger partial charge in [0.1, 0.15) is 0 Å². The number of carbonyl (C=O) groups is 1. The fourth-order valence-corrected chi connectivity index (χ4v) is 2.66. The lowest BCUT2D eigenvalue weighted by molar-refractivity contribution is 0.0927. The second-order valence-corrected chi connectivity index (χ2v) is 5.47. The van der Waals surface area contributed by atoms with Gasteiger partial charge in [-0.3, -0.25) is 4.79 Å². The van der Waals surface area contributed by atoms with Crippen molar-refractivity contribution >= 4 is 11.6 Å². The van der Waals surface area contributed by atoms with Gasteiger partial charge in [0.25, 0.3) is 5.91 Å². The Bertz CT molecular complexity index is 438. The molecule has 18 heavy (non-hydrogen) atoms. The first-order valence-corrected chi connectivity index (χ1v) is 6.87. The van der Waals surface area contributed by atoms with Gasteiger partial charge in [0.15, 0.2) is 0 Å². The molecule has 2 N–H and O–H groups in total. The van der Waals surface area contributed by atoms with Gasteiger partial charge >= 0.3 is 0 Å². The molecule has 1 amide bonds. The van der Waals surface area contributed by atoms with Gasteiger partial charge in [0, 0.05) is 18.8 Å². The van der Waals surface area contributed by atoms with E-state index in [4.69, 9.17) is 0 Å². The summed E-state index contributed by atoms with van der Waals surface area (Å²) in [5, 5.41) is 6.33. The number of hydrogen-bond acceptors (Lipinski definition) is 2. The van der Waals surface area contributed by atoms with Gasteiger partial charge in [-0.1, -0.05) is 12.1 Å². The van der Waals surface area contributed by atoms with E-state index in [0.29, 0.717) is 6.04 Å². The van der Waals surface area contributed by atoms with E-state index in [1.807, 2.05) is 31.3 Å². The van der Waals surface area contributed by atoms with Crippen LogP contribution in [0.2, 0.25) is 0 Å². The molecule has 0 unspecified atom stereocenters. The first-order chi connectivity index (χ1) is 8.79. The summed E-state index contributed by atoms with van der Waals surface area (Å²) < 4.78 is 0. The number of carbonyl (C=O) groups excluding carboxylic acids is 1. The molecule has 3 heteroatoms. The summed E-state index contributed by atoms with van der Waals surface area (Å²) in [5.41, 5.74) is 1.66. The number of hydrogen-bond donors (Lipinski definition) is 2. The summed E-state index contributed by atoms with van der Waals surface area (Å²) in [7, 11) is 1.85. The molecule has 96 valence electrons. The molecule has 0 aliphatic heterocycles. The van der Waals surface area contributed by atoms with E-state index in [1.54, 1.807) is 0 Å². The van der Waals surface area contributed by atoms with Crippen LogP contribution in [-0.2, 0) is 0 Å². The van der Waals surface area contributed by atoms with Gasteiger partial charge in [-0.2, -0.15) is 0 Å². The molecule has 2 aliphatic rings. The third-order valence-electron chi connectivity index (χ3n) is 4.00. The highest BCUT2D eigenvalue weighted by Crippen LogP contribution is 2.44. The normalized spacial score (nSPS) is 18.8. The molecule has 0 heterocycles. The van der Waals surface area contributed by atoms with E-state index in [0.717, 1.165) is 23.1 Å². The molecular formula is C15H20N2O. The summed E-state index contributed by atoms with van der Waals surface area (Å²) in [4.78, 5) is 12.3. The Morgan fingerprint density at radius 3 is 2.33 bits per heavy atom. The molecule has 0 atom stereocenters. The molecule has 1 aromatic rings. The van der Waals surface area contributed by atoms with Crippen molar-refractivity contribution in [2.24, 2.45) is 11.8 Å². The quantitative estimate of drug-likeness (QED) is 0.836. The van der Waals surface area contributed by atoms with Crippen LogP contribution in [0.15, 0.2) is 24.3 Å². The minimum atomic E-state index is 0.0729. The topological polar surface area (TPSA) is 41.1 Å². The smallest absolute Gasteiger partial charge is 0.253 e. The Balaban J connectivity index is 1.73.